The molecule has 2 nitrogen and oxygen atoms in total. The molecule has 0 radical (unpaired) electrons. The van der Waals surface area contributed by atoms with Crippen LogP contribution in [-0.2, 0) is 0 Å². The molecule has 0 aliphatic rings. The van der Waals surface area contributed by atoms with Crippen LogP contribution in [0.1, 0.15) is 0 Å². The standard InChI is InChI=1S/C15H10Cl2N2S/c16-10-3-6-12(13(17)7-10)14-8-20-15(19-14)9-1-4-11(18)5-2-9/h1-8H,18H2. The van der Waals surface area contributed by atoms with E-state index >= 15 is 0 Å². The SMILES string of the molecule is Nc1ccc(-c2nc(-c3ccc(Cl)cc3Cl)cs2)cc1. The zero-order valence-electron chi connectivity index (χ0n) is 10.3. The molecule has 0 aliphatic carbocycles. The van der Waals surface area contributed by atoms with Gasteiger partial charge >= 0.3 is 0 Å². The maximum Gasteiger partial charge on any atom is 0.124 e. The van der Waals surface area contributed by atoms with Gasteiger partial charge in [-0.1, -0.05) is 23.2 Å². The number of nitrogen functional groups attached to an aromatic ring is 1. The summed E-state index contributed by atoms with van der Waals surface area (Å²) in [6.07, 6.45) is 0. The van der Waals surface area contributed by atoms with Gasteiger partial charge in [0, 0.05) is 27.2 Å². The number of aromatic nitrogens is 1. The van der Waals surface area contributed by atoms with Gasteiger partial charge in [0.05, 0.1) is 10.7 Å². The number of halogens is 2. The van der Waals surface area contributed by atoms with Crippen LogP contribution in [0.2, 0.25) is 10.0 Å². The Morgan fingerprint density at radius 1 is 1.00 bits per heavy atom. The number of rotatable bonds is 2. The predicted molar refractivity (Wildman–Crippen MR) is 87.4 cm³/mol. The van der Waals surface area contributed by atoms with E-state index in [1.165, 1.54) is 0 Å². The van der Waals surface area contributed by atoms with Crippen molar-refractivity contribution in [3.8, 4) is 21.8 Å². The van der Waals surface area contributed by atoms with Crippen LogP contribution in [0.25, 0.3) is 21.8 Å². The summed E-state index contributed by atoms with van der Waals surface area (Å²) >= 11 is 13.7. The van der Waals surface area contributed by atoms with Crippen molar-refractivity contribution in [1.29, 1.82) is 0 Å². The minimum absolute atomic E-state index is 0.603. The second kappa shape index (κ2) is 5.44. The van der Waals surface area contributed by atoms with E-state index in [1.54, 1.807) is 17.4 Å². The van der Waals surface area contributed by atoms with Crippen molar-refractivity contribution in [2.24, 2.45) is 0 Å². The van der Waals surface area contributed by atoms with E-state index in [1.807, 2.05) is 41.8 Å². The Hall–Kier alpha value is -1.55. The quantitative estimate of drug-likeness (QED) is 0.645. The third-order valence-corrected chi connectivity index (χ3v) is 4.31. The smallest absolute Gasteiger partial charge is 0.124 e. The Balaban J connectivity index is 1.99. The number of benzene rings is 2. The van der Waals surface area contributed by atoms with Crippen LogP contribution < -0.4 is 5.73 Å². The molecular weight excluding hydrogens is 311 g/mol. The normalized spacial score (nSPS) is 10.7. The van der Waals surface area contributed by atoms with Gasteiger partial charge in [-0.25, -0.2) is 4.98 Å². The summed E-state index contributed by atoms with van der Waals surface area (Å²) in [5.74, 6) is 0. The highest BCUT2D eigenvalue weighted by molar-refractivity contribution is 7.13. The Labute approximate surface area is 130 Å². The zero-order chi connectivity index (χ0) is 14.1. The lowest BCUT2D eigenvalue weighted by atomic mass is 10.1. The lowest BCUT2D eigenvalue weighted by Gasteiger charge is -2.01. The van der Waals surface area contributed by atoms with Crippen LogP contribution in [-0.4, -0.2) is 4.98 Å². The molecule has 100 valence electrons. The number of hydrogen-bond acceptors (Lipinski definition) is 3. The van der Waals surface area contributed by atoms with Crippen LogP contribution in [0.15, 0.2) is 47.8 Å². The fourth-order valence-electron chi connectivity index (χ4n) is 1.85. The van der Waals surface area contributed by atoms with E-state index in [9.17, 15) is 0 Å². The van der Waals surface area contributed by atoms with Gasteiger partial charge in [-0.05, 0) is 42.5 Å². The predicted octanol–water partition coefficient (Wildman–Crippen LogP) is 5.37. The number of anilines is 1. The number of nitrogens with two attached hydrogens (primary N) is 1. The van der Waals surface area contributed by atoms with Crippen molar-refractivity contribution in [2.75, 3.05) is 5.73 Å². The second-order valence-electron chi connectivity index (χ2n) is 4.28. The van der Waals surface area contributed by atoms with E-state index in [-0.39, 0.29) is 0 Å². The van der Waals surface area contributed by atoms with Crippen molar-refractivity contribution in [3.05, 3.63) is 57.9 Å². The zero-order valence-corrected chi connectivity index (χ0v) is 12.6. The van der Waals surface area contributed by atoms with Gasteiger partial charge in [-0.3, -0.25) is 0 Å². The summed E-state index contributed by atoms with van der Waals surface area (Å²) in [4.78, 5) is 4.62. The Kier molecular flexibility index (Phi) is 3.66. The third kappa shape index (κ3) is 2.66. The first-order valence-electron chi connectivity index (χ1n) is 5.90. The van der Waals surface area contributed by atoms with Gasteiger partial charge in [0.25, 0.3) is 0 Å². The van der Waals surface area contributed by atoms with Crippen molar-refractivity contribution < 1.29 is 0 Å². The first kappa shape index (κ1) is 13.4. The van der Waals surface area contributed by atoms with Gasteiger partial charge in [0.1, 0.15) is 5.01 Å². The molecule has 1 heterocycles. The highest BCUT2D eigenvalue weighted by atomic mass is 35.5. The number of thiazole rings is 1. The largest absolute Gasteiger partial charge is 0.399 e. The van der Waals surface area contributed by atoms with Crippen LogP contribution in [0, 0.1) is 0 Å². The molecule has 2 N–H and O–H groups in total. The molecule has 0 fully saturated rings. The summed E-state index contributed by atoms with van der Waals surface area (Å²) in [6, 6.07) is 13.1. The molecule has 20 heavy (non-hydrogen) atoms. The molecule has 0 bridgehead atoms. The average Bonchev–Trinajstić information content (AvgIpc) is 2.89. The number of nitrogens with zero attached hydrogens (tertiary/aromatic N) is 1. The minimum atomic E-state index is 0.603. The molecule has 2 aromatic carbocycles. The minimum Gasteiger partial charge on any atom is -0.399 e. The second-order valence-corrected chi connectivity index (χ2v) is 5.99. The summed E-state index contributed by atoms with van der Waals surface area (Å²) < 4.78 is 0. The van der Waals surface area contributed by atoms with Crippen molar-refractivity contribution in [2.45, 2.75) is 0 Å². The lowest BCUT2D eigenvalue weighted by Crippen LogP contribution is -1.84. The average molecular weight is 321 g/mol. The van der Waals surface area contributed by atoms with Gasteiger partial charge in [0.2, 0.25) is 0 Å². The van der Waals surface area contributed by atoms with Gasteiger partial charge < -0.3 is 5.73 Å². The molecule has 0 saturated carbocycles. The molecule has 5 heteroatoms. The van der Waals surface area contributed by atoms with E-state index in [2.05, 4.69) is 4.98 Å². The first-order chi connectivity index (χ1) is 9.63. The molecule has 0 amide bonds. The Morgan fingerprint density at radius 2 is 1.75 bits per heavy atom. The van der Waals surface area contributed by atoms with E-state index in [0.717, 1.165) is 27.5 Å². The monoisotopic (exact) mass is 320 g/mol. The highest BCUT2D eigenvalue weighted by Crippen LogP contribution is 2.34. The summed E-state index contributed by atoms with van der Waals surface area (Å²) in [5.41, 5.74) is 9.21. The van der Waals surface area contributed by atoms with Crippen LogP contribution >= 0.6 is 34.5 Å². The molecule has 0 saturated heterocycles. The van der Waals surface area contributed by atoms with Gasteiger partial charge in [-0.15, -0.1) is 11.3 Å². The van der Waals surface area contributed by atoms with Gasteiger partial charge in [0.15, 0.2) is 0 Å². The molecule has 3 rings (SSSR count). The molecule has 0 spiro atoms. The highest BCUT2D eigenvalue weighted by Gasteiger charge is 2.10. The Bertz CT molecular complexity index is 751. The first-order valence-corrected chi connectivity index (χ1v) is 7.54. The maximum absolute atomic E-state index is 6.20. The van der Waals surface area contributed by atoms with Crippen LogP contribution in [0.4, 0.5) is 5.69 Å². The molecule has 3 aromatic rings. The van der Waals surface area contributed by atoms with Crippen molar-refractivity contribution in [1.82, 2.24) is 4.98 Å². The molecular formula is C15H10Cl2N2S. The molecule has 1 aromatic heterocycles. The van der Waals surface area contributed by atoms with Crippen LogP contribution in [0.5, 0.6) is 0 Å². The summed E-state index contributed by atoms with van der Waals surface area (Å²) in [5, 5.41) is 4.14. The Morgan fingerprint density at radius 3 is 2.45 bits per heavy atom. The van der Waals surface area contributed by atoms with Gasteiger partial charge in [-0.2, -0.15) is 0 Å². The molecule has 0 atom stereocenters. The van der Waals surface area contributed by atoms with E-state index in [0.29, 0.717) is 10.0 Å². The fraction of sp³-hybridized carbons (Fsp3) is 0. The summed E-state index contributed by atoms with van der Waals surface area (Å²) in [6.45, 7) is 0. The maximum atomic E-state index is 6.20. The van der Waals surface area contributed by atoms with Crippen molar-refractivity contribution in [3.63, 3.8) is 0 Å². The lowest BCUT2D eigenvalue weighted by molar-refractivity contribution is 1.40. The molecule has 0 aliphatic heterocycles. The molecule has 0 unspecified atom stereocenters. The third-order valence-electron chi connectivity index (χ3n) is 2.87. The topological polar surface area (TPSA) is 38.9 Å². The number of hydrogen-bond donors (Lipinski definition) is 1. The van der Waals surface area contributed by atoms with Crippen molar-refractivity contribution >= 4 is 40.2 Å². The fourth-order valence-corrected chi connectivity index (χ4v) is 3.18. The van der Waals surface area contributed by atoms with E-state index < -0.39 is 0 Å². The summed E-state index contributed by atoms with van der Waals surface area (Å²) in [7, 11) is 0. The van der Waals surface area contributed by atoms with E-state index in [4.69, 9.17) is 28.9 Å². The van der Waals surface area contributed by atoms with Crippen LogP contribution in [0.3, 0.4) is 0 Å².